The van der Waals surface area contributed by atoms with Gasteiger partial charge in [0.15, 0.2) is 9.84 Å². The summed E-state index contributed by atoms with van der Waals surface area (Å²) in [6, 6.07) is 4.29. The van der Waals surface area contributed by atoms with Crippen LogP contribution in [0.25, 0.3) is 0 Å². The molecule has 0 amide bonds. The van der Waals surface area contributed by atoms with Gasteiger partial charge in [-0.2, -0.15) is 0 Å². The van der Waals surface area contributed by atoms with Crippen molar-refractivity contribution in [1.29, 1.82) is 0 Å². The fourth-order valence-corrected chi connectivity index (χ4v) is 3.99. The van der Waals surface area contributed by atoms with Gasteiger partial charge in [-0.25, -0.2) is 8.42 Å². The number of hydrogen-bond acceptors (Lipinski definition) is 6. The van der Waals surface area contributed by atoms with E-state index in [1.54, 1.807) is 19.1 Å². The van der Waals surface area contributed by atoms with E-state index >= 15 is 0 Å². The van der Waals surface area contributed by atoms with Gasteiger partial charge in [-0.05, 0) is 19.1 Å². The first kappa shape index (κ1) is 14.7. The first-order valence-electron chi connectivity index (χ1n) is 6.19. The van der Waals surface area contributed by atoms with E-state index in [9.17, 15) is 23.6 Å². The van der Waals surface area contributed by atoms with E-state index in [2.05, 4.69) is 0 Å². The number of anilines is 1. The highest BCUT2D eigenvalue weighted by Crippen LogP contribution is 2.28. The van der Waals surface area contributed by atoms with E-state index in [1.807, 2.05) is 4.90 Å². The normalized spacial score (nSPS) is 21.7. The SMILES string of the molecule is CC1CS(=O)(=O)CCN1c1ccc([N+](=O)[O-])c(CO)c1. The molecule has 1 aromatic rings. The summed E-state index contributed by atoms with van der Waals surface area (Å²) < 4.78 is 23.1. The molecule has 1 unspecified atom stereocenters. The highest BCUT2D eigenvalue weighted by Gasteiger charge is 2.29. The van der Waals surface area contributed by atoms with Gasteiger partial charge >= 0.3 is 0 Å². The zero-order valence-corrected chi connectivity index (χ0v) is 11.8. The van der Waals surface area contributed by atoms with Crippen molar-refractivity contribution in [3.63, 3.8) is 0 Å². The largest absolute Gasteiger partial charge is 0.391 e. The Morgan fingerprint density at radius 2 is 2.20 bits per heavy atom. The van der Waals surface area contributed by atoms with Crippen molar-refractivity contribution in [1.82, 2.24) is 0 Å². The molecule has 1 aromatic carbocycles. The third-order valence-corrected chi connectivity index (χ3v) is 5.23. The highest BCUT2D eigenvalue weighted by atomic mass is 32.2. The van der Waals surface area contributed by atoms with Crippen LogP contribution in [-0.2, 0) is 16.4 Å². The Kier molecular flexibility index (Phi) is 3.96. The Balaban J connectivity index is 2.32. The Bertz CT molecular complexity index is 629. The number of benzene rings is 1. The van der Waals surface area contributed by atoms with Crippen molar-refractivity contribution in [2.24, 2.45) is 0 Å². The summed E-state index contributed by atoms with van der Waals surface area (Å²) in [6.45, 7) is 1.73. The first-order chi connectivity index (χ1) is 9.34. The van der Waals surface area contributed by atoms with Crippen molar-refractivity contribution in [2.45, 2.75) is 19.6 Å². The molecule has 0 bridgehead atoms. The van der Waals surface area contributed by atoms with Crippen LogP contribution in [0.4, 0.5) is 11.4 Å². The predicted octanol–water partition coefficient (Wildman–Crippen LogP) is 0.710. The second kappa shape index (κ2) is 5.37. The molecule has 110 valence electrons. The fraction of sp³-hybridized carbons (Fsp3) is 0.500. The zero-order valence-electron chi connectivity index (χ0n) is 11.0. The third kappa shape index (κ3) is 2.91. The van der Waals surface area contributed by atoms with Crippen LogP contribution in [0.2, 0.25) is 0 Å². The number of nitrogens with zero attached hydrogens (tertiary/aromatic N) is 2. The van der Waals surface area contributed by atoms with Gasteiger partial charge in [-0.1, -0.05) is 0 Å². The summed E-state index contributed by atoms with van der Waals surface area (Å²) in [5.41, 5.74) is 0.795. The lowest BCUT2D eigenvalue weighted by Crippen LogP contribution is -2.47. The Morgan fingerprint density at radius 3 is 2.75 bits per heavy atom. The minimum Gasteiger partial charge on any atom is -0.391 e. The standard InChI is InChI=1S/C12H16N2O5S/c1-9-8-20(18,19)5-4-13(9)11-2-3-12(14(16)17)10(6-11)7-15/h2-3,6,9,15H,4-5,7-8H2,1H3. The Hall–Kier alpha value is -1.67. The third-order valence-electron chi connectivity index (χ3n) is 3.43. The van der Waals surface area contributed by atoms with Gasteiger partial charge in [0.1, 0.15) is 0 Å². The van der Waals surface area contributed by atoms with Gasteiger partial charge < -0.3 is 10.0 Å². The van der Waals surface area contributed by atoms with Crippen LogP contribution in [0.1, 0.15) is 12.5 Å². The average molecular weight is 300 g/mol. The number of rotatable bonds is 3. The van der Waals surface area contributed by atoms with Gasteiger partial charge in [0, 0.05) is 24.3 Å². The molecule has 0 saturated carbocycles. The minimum absolute atomic E-state index is 0.0679. The number of sulfone groups is 1. The average Bonchev–Trinajstić information content (AvgIpc) is 2.36. The lowest BCUT2D eigenvalue weighted by Gasteiger charge is -2.35. The van der Waals surface area contributed by atoms with Crippen molar-refractivity contribution >= 4 is 21.2 Å². The summed E-state index contributed by atoms with van der Waals surface area (Å²) in [5.74, 6) is 0.140. The van der Waals surface area contributed by atoms with E-state index in [-0.39, 0.29) is 28.8 Å². The number of hydrogen-bond donors (Lipinski definition) is 1. The maximum absolute atomic E-state index is 11.5. The van der Waals surface area contributed by atoms with E-state index < -0.39 is 21.4 Å². The molecule has 1 aliphatic rings. The molecule has 0 radical (unpaired) electrons. The molecule has 20 heavy (non-hydrogen) atoms. The number of aliphatic hydroxyl groups excluding tert-OH is 1. The van der Waals surface area contributed by atoms with E-state index in [0.717, 1.165) is 0 Å². The van der Waals surface area contributed by atoms with Crippen molar-refractivity contribution in [3.05, 3.63) is 33.9 Å². The van der Waals surface area contributed by atoms with Gasteiger partial charge in [0.25, 0.3) is 5.69 Å². The van der Waals surface area contributed by atoms with Crippen molar-refractivity contribution in [2.75, 3.05) is 23.0 Å². The van der Waals surface area contributed by atoms with Crippen molar-refractivity contribution in [3.8, 4) is 0 Å². The summed E-state index contributed by atoms with van der Waals surface area (Å²) in [4.78, 5) is 12.2. The lowest BCUT2D eigenvalue weighted by atomic mass is 10.1. The molecule has 8 heteroatoms. The second-order valence-electron chi connectivity index (χ2n) is 4.89. The van der Waals surface area contributed by atoms with Gasteiger partial charge in [0.05, 0.1) is 28.6 Å². The molecule has 1 saturated heterocycles. The number of nitro benzene ring substituents is 1. The molecule has 1 aliphatic heterocycles. The molecule has 1 N–H and O–H groups in total. The van der Waals surface area contributed by atoms with Crippen LogP contribution in [-0.4, -0.2) is 42.5 Å². The van der Waals surface area contributed by atoms with Crippen LogP contribution in [0.3, 0.4) is 0 Å². The molecule has 1 heterocycles. The van der Waals surface area contributed by atoms with E-state index in [0.29, 0.717) is 12.2 Å². The summed E-state index contributed by atoms with van der Waals surface area (Å²) in [5, 5.41) is 20.0. The molecule has 0 spiro atoms. The smallest absolute Gasteiger partial charge is 0.275 e. The van der Waals surface area contributed by atoms with E-state index in [1.165, 1.54) is 6.07 Å². The highest BCUT2D eigenvalue weighted by molar-refractivity contribution is 7.91. The Morgan fingerprint density at radius 1 is 1.50 bits per heavy atom. The van der Waals surface area contributed by atoms with Gasteiger partial charge in [-0.3, -0.25) is 10.1 Å². The minimum atomic E-state index is -3.01. The maximum atomic E-state index is 11.5. The zero-order chi connectivity index (χ0) is 14.9. The summed E-state index contributed by atoms with van der Waals surface area (Å²) in [7, 11) is -3.01. The van der Waals surface area contributed by atoms with Crippen LogP contribution in [0.15, 0.2) is 18.2 Å². The van der Waals surface area contributed by atoms with E-state index in [4.69, 9.17) is 0 Å². The van der Waals surface area contributed by atoms with Crippen LogP contribution in [0.5, 0.6) is 0 Å². The number of aliphatic hydroxyl groups is 1. The first-order valence-corrected chi connectivity index (χ1v) is 8.01. The molecule has 0 aliphatic carbocycles. The van der Waals surface area contributed by atoms with Crippen molar-refractivity contribution < 1.29 is 18.4 Å². The monoisotopic (exact) mass is 300 g/mol. The predicted molar refractivity (Wildman–Crippen MR) is 74.5 cm³/mol. The molecular weight excluding hydrogens is 284 g/mol. The molecular formula is C12H16N2O5S. The maximum Gasteiger partial charge on any atom is 0.275 e. The molecule has 2 rings (SSSR count). The van der Waals surface area contributed by atoms with Crippen LogP contribution in [0, 0.1) is 10.1 Å². The topological polar surface area (TPSA) is 101 Å². The summed E-state index contributed by atoms with van der Waals surface area (Å²) in [6.07, 6.45) is 0. The van der Waals surface area contributed by atoms with Gasteiger partial charge in [0.2, 0.25) is 0 Å². The quantitative estimate of drug-likeness (QED) is 0.651. The Labute approximate surface area is 116 Å². The number of nitro groups is 1. The molecule has 1 fully saturated rings. The fourth-order valence-electron chi connectivity index (χ4n) is 2.44. The second-order valence-corrected chi connectivity index (χ2v) is 7.11. The molecule has 0 aromatic heterocycles. The molecule has 1 atom stereocenters. The van der Waals surface area contributed by atoms with Crippen LogP contribution >= 0.6 is 0 Å². The van der Waals surface area contributed by atoms with Crippen LogP contribution < -0.4 is 4.90 Å². The van der Waals surface area contributed by atoms with Gasteiger partial charge in [-0.15, -0.1) is 0 Å². The molecule has 7 nitrogen and oxygen atoms in total. The summed E-state index contributed by atoms with van der Waals surface area (Å²) >= 11 is 0. The lowest BCUT2D eigenvalue weighted by molar-refractivity contribution is -0.385.